The van der Waals surface area contributed by atoms with Crippen molar-refractivity contribution in [3.05, 3.63) is 42.0 Å². The summed E-state index contributed by atoms with van der Waals surface area (Å²) in [6.45, 7) is 3.99. The van der Waals surface area contributed by atoms with Gasteiger partial charge in [0, 0.05) is 17.3 Å². The van der Waals surface area contributed by atoms with Crippen LogP contribution in [0.3, 0.4) is 0 Å². The molecular weight excluding hydrogens is 226 g/mol. The van der Waals surface area contributed by atoms with Gasteiger partial charge in [0.1, 0.15) is 11.5 Å². The molecular formula is C15H17NO2. The Labute approximate surface area is 107 Å². The van der Waals surface area contributed by atoms with Crippen molar-refractivity contribution in [3.8, 4) is 22.6 Å². The summed E-state index contributed by atoms with van der Waals surface area (Å²) in [6.07, 6.45) is 0. The largest absolute Gasteiger partial charge is 0.508 e. The van der Waals surface area contributed by atoms with E-state index in [1.54, 1.807) is 12.1 Å². The highest BCUT2D eigenvalue weighted by Gasteiger charge is 2.12. The fraction of sp³-hybridized carbons (Fsp3) is 0.200. The highest BCUT2D eigenvalue weighted by atomic mass is 16.3. The first kappa shape index (κ1) is 12.3. The zero-order valence-electron chi connectivity index (χ0n) is 10.5. The summed E-state index contributed by atoms with van der Waals surface area (Å²) in [6, 6.07) is 10.5. The third kappa shape index (κ3) is 2.25. The van der Waals surface area contributed by atoms with Gasteiger partial charge in [0.25, 0.3) is 0 Å². The SMILES string of the molecule is CC(C)c1cc(-c2cccc(N)c2)c(O)cc1O. The molecule has 3 heteroatoms. The Morgan fingerprint density at radius 3 is 2.33 bits per heavy atom. The third-order valence-electron chi connectivity index (χ3n) is 2.96. The topological polar surface area (TPSA) is 66.5 Å². The molecule has 0 aliphatic rings. The van der Waals surface area contributed by atoms with Gasteiger partial charge in [-0.1, -0.05) is 26.0 Å². The molecule has 94 valence electrons. The normalized spacial score (nSPS) is 10.8. The summed E-state index contributed by atoms with van der Waals surface area (Å²) >= 11 is 0. The van der Waals surface area contributed by atoms with Crippen LogP contribution < -0.4 is 5.73 Å². The number of phenolic OH excluding ortho intramolecular Hbond substituents is 2. The van der Waals surface area contributed by atoms with Crippen LogP contribution in [0, 0.1) is 0 Å². The molecule has 2 rings (SSSR count). The maximum Gasteiger partial charge on any atom is 0.127 e. The highest BCUT2D eigenvalue weighted by molar-refractivity contribution is 5.74. The van der Waals surface area contributed by atoms with Crippen LogP contribution >= 0.6 is 0 Å². The number of benzene rings is 2. The van der Waals surface area contributed by atoms with E-state index in [1.807, 2.05) is 32.0 Å². The predicted octanol–water partition coefficient (Wildman–Crippen LogP) is 3.47. The van der Waals surface area contributed by atoms with Crippen molar-refractivity contribution in [2.75, 3.05) is 5.73 Å². The first-order chi connectivity index (χ1) is 8.49. The molecule has 0 aliphatic heterocycles. The minimum absolute atomic E-state index is 0.0579. The maximum absolute atomic E-state index is 9.94. The standard InChI is InChI=1S/C15H17NO2/c1-9(2)12-7-13(15(18)8-14(12)17)10-4-3-5-11(16)6-10/h3-9,17-18H,16H2,1-2H3. The van der Waals surface area contributed by atoms with E-state index in [0.717, 1.165) is 11.1 Å². The molecule has 0 amide bonds. The minimum atomic E-state index is 0.0579. The molecule has 0 aromatic heterocycles. The Morgan fingerprint density at radius 2 is 1.72 bits per heavy atom. The second kappa shape index (κ2) is 4.61. The van der Waals surface area contributed by atoms with E-state index in [9.17, 15) is 10.2 Å². The number of aromatic hydroxyl groups is 2. The van der Waals surface area contributed by atoms with Crippen LogP contribution in [0.2, 0.25) is 0 Å². The van der Waals surface area contributed by atoms with Crippen LogP contribution in [0.4, 0.5) is 5.69 Å². The van der Waals surface area contributed by atoms with Crippen molar-refractivity contribution in [3.63, 3.8) is 0 Å². The number of nitrogens with two attached hydrogens (primary N) is 1. The van der Waals surface area contributed by atoms with Gasteiger partial charge in [-0.05, 0) is 35.2 Å². The van der Waals surface area contributed by atoms with Crippen LogP contribution in [0.15, 0.2) is 36.4 Å². The minimum Gasteiger partial charge on any atom is -0.508 e. The number of hydrogen-bond donors (Lipinski definition) is 3. The Balaban J connectivity index is 2.60. The van der Waals surface area contributed by atoms with Crippen molar-refractivity contribution in [2.24, 2.45) is 0 Å². The van der Waals surface area contributed by atoms with Crippen LogP contribution in [-0.4, -0.2) is 10.2 Å². The Kier molecular flexibility index (Phi) is 3.15. The molecule has 0 aliphatic carbocycles. The maximum atomic E-state index is 9.94. The lowest BCUT2D eigenvalue weighted by Gasteiger charge is -2.13. The van der Waals surface area contributed by atoms with E-state index in [1.165, 1.54) is 6.07 Å². The molecule has 0 unspecified atom stereocenters. The van der Waals surface area contributed by atoms with Crippen LogP contribution in [0.5, 0.6) is 11.5 Å². The van der Waals surface area contributed by atoms with Gasteiger partial charge in [0.05, 0.1) is 0 Å². The predicted molar refractivity (Wildman–Crippen MR) is 73.7 cm³/mol. The van der Waals surface area contributed by atoms with Crippen molar-refractivity contribution in [2.45, 2.75) is 19.8 Å². The molecule has 2 aromatic rings. The monoisotopic (exact) mass is 243 g/mol. The second-order valence-electron chi connectivity index (χ2n) is 4.71. The van der Waals surface area contributed by atoms with Crippen LogP contribution in [0.1, 0.15) is 25.3 Å². The van der Waals surface area contributed by atoms with Crippen molar-refractivity contribution in [1.29, 1.82) is 0 Å². The Hall–Kier alpha value is -2.16. The van der Waals surface area contributed by atoms with E-state index >= 15 is 0 Å². The summed E-state index contributed by atoms with van der Waals surface area (Å²) in [5.41, 5.74) is 8.72. The number of nitrogen functional groups attached to an aromatic ring is 1. The van der Waals surface area contributed by atoms with Crippen LogP contribution in [0.25, 0.3) is 11.1 Å². The van der Waals surface area contributed by atoms with E-state index in [0.29, 0.717) is 11.3 Å². The first-order valence-electron chi connectivity index (χ1n) is 5.91. The smallest absolute Gasteiger partial charge is 0.127 e. The summed E-state index contributed by atoms with van der Waals surface area (Å²) in [5.74, 6) is 0.364. The van der Waals surface area contributed by atoms with E-state index in [2.05, 4.69) is 0 Å². The van der Waals surface area contributed by atoms with E-state index in [4.69, 9.17) is 5.73 Å². The Morgan fingerprint density at radius 1 is 1.00 bits per heavy atom. The molecule has 0 heterocycles. The zero-order chi connectivity index (χ0) is 13.3. The molecule has 2 aromatic carbocycles. The second-order valence-corrected chi connectivity index (χ2v) is 4.71. The molecule has 0 radical (unpaired) electrons. The number of anilines is 1. The van der Waals surface area contributed by atoms with E-state index < -0.39 is 0 Å². The Bertz CT molecular complexity index is 577. The lowest BCUT2D eigenvalue weighted by Crippen LogP contribution is -1.91. The highest BCUT2D eigenvalue weighted by Crippen LogP contribution is 2.38. The van der Waals surface area contributed by atoms with Gasteiger partial charge < -0.3 is 15.9 Å². The fourth-order valence-electron chi connectivity index (χ4n) is 1.99. The quantitative estimate of drug-likeness (QED) is 0.707. The summed E-state index contributed by atoms with van der Waals surface area (Å²) < 4.78 is 0. The molecule has 0 spiro atoms. The fourth-order valence-corrected chi connectivity index (χ4v) is 1.99. The molecule has 0 bridgehead atoms. The van der Waals surface area contributed by atoms with Gasteiger partial charge in [0.15, 0.2) is 0 Å². The van der Waals surface area contributed by atoms with Gasteiger partial charge >= 0.3 is 0 Å². The lowest BCUT2D eigenvalue weighted by atomic mass is 9.95. The van der Waals surface area contributed by atoms with E-state index in [-0.39, 0.29) is 17.4 Å². The summed E-state index contributed by atoms with van der Waals surface area (Å²) in [5, 5.41) is 19.7. The molecule has 3 nitrogen and oxygen atoms in total. The average molecular weight is 243 g/mol. The number of phenols is 2. The molecule has 0 fully saturated rings. The molecule has 4 N–H and O–H groups in total. The van der Waals surface area contributed by atoms with Crippen molar-refractivity contribution >= 4 is 5.69 Å². The number of rotatable bonds is 2. The van der Waals surface area contributed by atoms with Crippen LogP contribution in [-0.2, 0) is 0 Å². The molecule has 18 heavy (non-hydrogen) atoms. The third-order valence-corrected chi connectivity index (χ3v) is 2.96. The number of hydrogen-bond acceptors (Lipinski definition) is 3. The van der Waals surface area contributed by atoms with Gasteiger partial charge in [-0.3, -0.25) is 0 Å². The van der Waals surface area contributed by atoms with Gasteiger partial charge in [0.2, 0.25) is 0 Å². The van der Waals surface area contributed by atoms with Crippen molar-refractivity contribution < 1.29 is 10.2 Å². The van der Waals surface area contributed by atoms with Gasteiger partial charge in [-0.25, -0.2) is 0 Å². The zero-order valence-corrected chi connectivity index (χ0v) is 10.5. The first-order valence-corrected chi connectivity index (χ1v) is 5.91. The molecule has 0 atom stereocenters. The molecule has 0 saturated carbocycles. The summed E-state index contributed by atoms with van der Waals surface area (Å²) in [4.78, 5) is 0. The molecule has 0 saturated heterocycles. The summed E-state index contributed by atoms with van der Waals surface area (Å²) in [7, 11) is 0. The van der Waals surface area contributed by atoms with Gasteiger partial charge in [-0.2, -0.15) is 0 Å². The lowest BCUT2D eigenvalue weighted by molar-refractivity contribution is 0.445. The average Bonchev–Trinajstić information content (AvgIpc) is 2.28. The van der Waals surface area contributed by atoms with Crippen molar-refractivity contribution in [1.82, 2.24) is 0 Å². The van der Waals surface area contributed by atoms with Gasteiger partial charge in [-0.15, -0.1) is 0 Å².